The fourth-order valence-electron chi connectivity index (χ4n) is 4.64. The zero-order chi connectivity index (χ0) is 22.6. The Kier molecular flexibility index (Phi) is 3.85. The highest BCUT2D eigenvalue weighted by atomic mass is 32.2. The first kappa shape index (κ1) is 20.2. The van der Waals surface area contributed by atoms with Crippen LogP contribution in [-0.4, -0.2) is 36.2 Å². The van der Waals surface area contributed by atoms with E-state index >= 15 is 0 Å². The number of fused-ring (bicyclic) bond motifs is 2. The Balaban J connectivity index is 1.51. The fraction of sp³-hybridized carbons (Fsp3) is 0.591. The molecular formula is C22H26N4O5S. The van der Waals surface area contributed by atoms with Crippen molar-refractivity contribution < 1.29 is 13.2 Å². The summed E-state index contributed by atoms with van der Waals surface area (Å²) in [4.78, 5) is 39.7. The highest BCUT2D eigenvalue weighted by Crippen LogP contribution is 2.75. The van der Waals surface area contributed by atoms with Crippen molar-refractivity contribution in [2.75, 3.05) is 12.1 Å². The van der Waals surface area contributed by atoms with Crippen LogP contribution in [0.5, 0.6) is 0 Å². The summed E-state index contributed by atoms with van der Waals surface area (Å²) >= 11 is 0. The van der Waals surface area contributed by atoms with Crippen molar-refractivity contribution in [3.8, 4) is 0 Å². The van der Waals surface area contributed by atoms with Gasteiger partial charge in [0.05, 0.1) is 21.2 Å². The molecule has 1 aromatic heterocycles. The van der Waals surface area contributed by atoms with Gasteiger partial charge in [0, 0.05) is 19.1 Å². The standard InChI is InChI=1S/C22H26N4O5S/c1-21(7-8-21)23-32(30,31)15-5-6-17-16(9-15)18(27)26(20(29)25(17)12-13-3-4-13)24(2)19(28)22-10-14(22)11-22/h5-6,9,13-14,23H,3-4,7-8,10-12H2,1-2H3. The number of aromatic nitrogens is 2. The van der Waals surface area contributed by atoms with E-state index in [0.29, 0.717) is 23.9 Å². The molecule has 4 fully saturated rings. The second-order valence-corrected chi connectivity index (χ2v) is 12.1. The van der Waals surface area contributed by atoms with Crippen molar-refractivity contribution in [3.63, 3.8) is 0 Å². The van der Waals surface area contributed by atoms with E-state index in [-0.39, 0.29) is 16.2 Å². The highest BCUT2D eigenvalue weighted by Gasteiger charge is 2.75. The van der Waals surface area contributed by atoms with E-state index in [1.54, 1.807) is 0 Å². The zero-order valence-corrected chi connectivity index (χ0v) is 18.9. The van der Waals surface area contributed by atoms with Crippen LogP contribution in [0.25, 0.3) is 10.9 Å². The van der Waals surface area contributed by atoms with E-state index in [1.165, 1.54) is 29.8 Å². The van der Waals surface area contributed by atoms with Crippen molar-refractivity contribution in [1.29, 1.82) is 0 Å². The molecule has 0 atom stereocenters. The lowest BCUT2D eigenvalue weighted by Crippen LogP contribution is -2.54. The Morgan fingerprint density at radius 1 is 1.22 bits per heavy atom. The Morgan fingerprint density at radius 3 is 2.44 bits per heavy atom. The minimum Gasteiger partial charge on any atom is -0.291 e. The Morgan fingerprint density at radius 2 is 1.88 bits per heavy atom. The minimum absolute atomic E-state index is 0.0181. The maximum Gasteiger partial charge on any atom is 0.351 e. The molecule has 10 heteroatoms. The first-order valence-corrected chi connectivity index (χ1v) is 12.7. The molecule has 32 heavy (non-hydrogen) atoms. The minimum atomic E-state index is -3.82. The molecule has 6 rings (SSSR count). The van der Waals surface area contributed by atoms with Crippen LogP contribution >= 0.6 is 0 Å². The number of nitrogens with one attached hydrogen (secondary N) is 1. The van der Waals surface area contributed by atoms with Gasteiger partial charge in [0.15, 0.2) is 0 Å². The van der Waals surface area contributed by atoms with Crippen LogP contribution < -0.4 is 21.0 Å². The van der Waals surface area contributed by atoms with Gasteiger partial charge in [-0.2, -0.15) is 4.68 Å². The van der Waals surface area contributed by atoms with Crippen LogP contribution in [-0.2, 0) is 21.4 Å². The topological polar surface area (TPSA) is 110 Å². The van der Waals surface area contributed by atoms with Crippen LogP contribution in [0.15, 0.2) is 32.7 Å². The maximum absolute atomic E-state index is 13.4. The van der Waals surface area contributed by atoms with Gasteiger partial charge in [0.2, 0.25) is 15.9 Å². The SMILES string of the molecule is CN(C(=O)C12CC1C2)n1c(=O)c2cc(S(=O)(=O)NC3(C)CC3)ccc2n(CC2CC2)c1=O. The molecule has 4 saturated carbocycles. The average Bonchev–Trinajstić information content (AvgIpc) is 3.54. The van der Waals surface area contributed by atoms with Crippen LogP contribution in [0, 0.1) is 17.3 Å². The van der Waals surface area contributed by atoms with E-state index in [1.807, 2.05) is 6.92 Å². The smallest absolute Gasteiger partial charge is 0.291 e. The van der Waals surface area contributed by atoms with Crippen LogP contribution in [0.2, 0.25) is 0 Å². The van der Waals surface area contributed by atoms with Gasteiger partial charge in [-0.15, -0.1) is 0 Å². The molecule has 4 aliphatic rings. The molecule has 0 radical (unpaired) electrons. The number of nitrogens with zero attached hydrogens (tertiary/aromatic N) is 3. The highest BCUT2D eigenvalue weighted by molar-refractivity contribution is 7.89. The van der Waals surface area contributed by atoms with Crippen LogP contribution in [0.1, 0.15) is 45.4 Å². The molecule has 1 N–H and O–H groups in total. The Hall–Kier alpha value is -2.46. The lowest BCUT2D eigenvalue weighted by atomic mass is 10.2. The first-order chi connectivity index (χ1) is 15.0. The number of carbonyl (C=O) groups excluding carboxylic acids is 1. The summed E-state index contributed by atoms with van der Waals surface area (Å²) in [5.74, 6) is 0.498. The second kappa shape index (κ2) is 6.11. The van der Waals surface area contributed by atoms with Crippen molar-refractivity contribution >= 4 is 26.8 Å². The van der Waals surface area contributed by atoms with Gasteiger partial charge in [-0.1, -0.05) is 0 Å². The molecule has 170 valence electrons. The van der Waals surface area contributed by atoms with E-state index < -0.39 is 32.2 Å². The van der Waals surface area contributed by atoms with Crippen LogP contribution in [0.4, 0.5) is 0 Å². The number of amides is 1. The van der Waals surface area contributed by atoms with Gasteiger partial charge < -0.3 is 0 Å². The van der Waals surface area contributed by atoms with E-state index in [4.69, 9.17) is 0 Å². The number of sulfonamides is 1. The summed E-state index contributed by atoms with van der Waals surface area (Å²) in [7, 11) is -2.36. The molecule has 1 aromatic carbocycles. The van der Waals surface area contributed by atoms with Gasteiger partial charge in [-0.3, -0.25) is 14.2 Å². The lowest BCUT2D eigenvalue weighted by Gasteiger charge is -2.23. The number of hydrogen-bond donors (Lipinski definition) is 1. The van der Waals surface area contributed by atoms with Gasteiger partial charge in [-0.05, 0) is 75.5 Å². The second-order valence-electron chi connectivity index (χ2n) is 10.4. The summed E-state index contributed by atoms with van der Waals surface area (Å²) in [5.41, 5.74) is -1.67. The molecule has 0 spiro atoms. The van der Waals surface area contributed by atoms with Gasteiger partial charge in [0.25, 0.3) is 5.56 Å². The lowest BCUT2D eigenvalue weighted by molar-refractivity contribution is -0.123. The predicted octanol–water partition coefficient (Wildman–Crippen LogP) is 0.908. The molecular weight excluding hydrogens is 432 g/mol. The average molecular weight is 459 g/mol. The molecule has 9 nitrogen and oxygen atoms in total. The molecule has 0 unspecified atom stereocenters. The summed E-state index contributed by atoms with van der Waals surface area (Å²) in [6, 6.07) is 4.31. The number of carbonyl (C=O) groups is 1. The molecule has 4 aliphatic carbocycles. The molecule has 1 amide bonds. The largest absolute Gasteiger partial charge is 0.351 e. The van der Waals surface area contributed by atoms with Gasteiger partial charge >= 0.3 is 5.69 Å². The van der Waals surface area contributed by atoms with Crippen LogP contribution in [0.3, 0.4) is 0 Å². The van der Waals surface area contributed by atoms with E-state index in [9.17, 15) is 22.8 Å². The van der Waals surface area contributed by atoms with Crippen molar-refractivity contribution in [2.45, 2.75) is 62.4 Å². The van der Waals surface area contributed by atoms with Gasteiger partial charge in [0.1, 0.15) is 0 Å². The third-order valence-electron chi connectivity index (χ3n) is 7.62. The number of hydrogen-bond acceptors (Lipinski definition) is 5. The Bertz CT molecular complexity index is 1410. The van der Waals surface area contributed by atoms with Gasteiger partial charge in [-0.25, -0.2) is 22.9 Å². The summed E-state index contributed by atoms with van der Waals surface area (Å²) in [6.45, 7) is 2.28. The van der Waals surface area contributed by atoms with E-state index in [2.05, 4.69) is 4.72 Å². The summed E-state index contributed by atoms with van der Waals surface area (Å²) in [5, 5.41) is 1.26. The normalized spacial score (nSPS) is 27.1. The third-order valence-corrected chi connectivity index (χ3v) is 9.26. The summed E-state index contributed by atoms with van der Waals surface area (Å²) < 4.78 is 30.9. The molecule has 1 heterocycles. The van der Waals surface area contributed by atoms with Crippen molar-refractivity contribution in [3.05, 3.63) is 39.0 Å². The van der Waals surface area contributed by atoms with E-state index in [0.717, 1.165) is 48.2 Å². The maximum atomic E-state index is 13.4. The third kappa shape index (κ3) is 2.99. The number of rotatable bonds is 7. The monoisotopic (exact) mass is 458 g/mol. The molecule has 0 bridgehead atoms. The predicted molar refractivity (Wildman–Crippen MR) is 117 cm³/mol. The summed E-state index contributed by atoms with van der Waals surface area (Å²) in [6.07, 6.45) is 5.15. The van der Waals surface area contributed by atoms with Crippen molar-refractivity contribution in [1.82, 2.24) is 14.0 Å². The first-order valence-electron chi connectivity index (χ1n) is 11.2. The molecule has 2 aromatic rings. The Labute approximate surface area is 185 Å². The zero-order valence-electron chi connectivity index (χ0n) is 18.1. The van der Waals surface area contributed by atoms with Crippen molar-refractivity contribution in [2.24, 2.45) is 17.3 Å². The fourth-order valence-corrected chi connectivity index (χ4v) is 6.13. The molecule has 0 aliphatic heterocycles. The number of benzene rings is 1. The molecule has 0 saturated heterocycles. The quantitative estimate of drug-likeness (QED) is 0.663.